The SMILES string of the molecule is CNCCCCOc1ccc(C(C)N2C[C@@H]3C[C@@H]2CN3C(=O)c2ccc(C(F)(F)F)cc2)c(C)c1C. The summed E-state index contributed by atoms with van der Waals surface area (Å²) in [7, 11) is 1.95. The number of carbonyl (C=O) groups excluding carboxylic acids is 1. The van der Waals surface area contributed by atoms with Crippen LogP contribution in [0.25, 0.3) is 0 Å². The Balaban J connectivity index is 1.38. The van der Waals surface area contributed by atoms with Gasteiger partial charge < -0.3 is 15.0 Å². The minimum atomic E-state index is -4.40. The van der Waals surface area contributed by atoms with Crippen molar-refractivity contribution >= 4 is 5.91 Å². The number of fused-ring (bicyclic) bond motifs is 2. The molecule has 1 amide bonds. The molecule has 0 aromatic heterocycles. The molecule has 2 aliphatic rings. The fraction of sp³-hybridized carbons (Fsp3) is 0.536. The Labute approximate surface area is 211 Å². The van der Waals surface area contributed by atoms with Crippen LogP contribution in [-0.4, -0.2) is 61.1 Å². The van der Waals surface area contributed by atoms with E-state index in [9.17, 15) is 18.0 Å². The summed E-state index contributed by atoms with van der Waals surface area (Å²) < 4.78 is 44.6. The molecule has 2 saturated heterocycles. The second-order valence-corrected chi connectivity index (χ2v) is 10.0. The van der Waals surface area contributed by atoms with E-state index in [2.05, 4.69) is 43.1 Å². The maximum absolute atomic E-state index is 13.0. The number of unbranched alkanes of at least 4 members (excludes halogenated alkanes) is 1. The molecule has 0 aliphatic carbocycles. The van der Waals surface area contributed by atoms with Gasteiger partial charge in [0.2, 0.25) is 0 Å². The van der Waals surface area contributed by atoms with Gasteiger partial charge in [0.15, 0.2) is 0 Å². The van der Waals surface area contributed by atoms with Crippen molar-refractivity contribution in [1.82, 2.24) is 15.1 Å². The molecule has 1 N–H and O–H groups in total. The van der Waals surface area contributed by atoms with Crippen LogP contribution in [0.2, 0.25) is 0 Å². The summed E-state index contributed by atoms with van der Waals surface area (Å²) in [6.07, 6.45) is -1.42. The number of carbonyl (C=O) groups is 1. The molecule has 2 heterocycles. The molecule has 2 aliphatic heterocycles. The fourth-order valence-corrected chi connectivity index (χ4v) is 5.58. The first-order chi connectivity index (χ1) is 17.1. The molecular formula is C28H36F3N3O2. The number of amides is 1. The maximum Gasteiger partial charge on any atom is 0.416 e. The van der Waals surface area contributed by atoms with Gasteiger partial charge in [0.05, 0.1) is 12.2 Å². The predicted molar refractivity (Wildman–Crippen MR) is 134 cm³/mol. The van der Waals surface area contributed by atoms with Gasteiger partial charge in [-0.25, -0.2) is 0 Å². The van der Waals surface area contributed by atoms with Gasteiger partial charge >= 0.3 is 6.18 Å². The van der Waals surface area contributed by atoms with Crippen LogP contribution >= 0.6 is 0 Å². The third-order valence-electron chi connectivity index (χ3n) is 7.81. The van der Waals surface area contributed by atoms with Crippen molar-refractivity contribution in [2.45, 2.75) is 64.3 Å². The van der Waals surface area contributed by atoms with E-state index in [0.717, 1.165) is 55.8 Å². The van der Waals surface area contributed by atoms with Crippen molar-refractivity contribution in [1.29, 1.82) is 0 Å². The summed E-state index contributed by atoms with van der Waals surface area (Å²) in [4.78, 5) is 17.3. The Hall–Kier alpha value is -2.58. The topological polar surface area (TPSA) is 44.8 Å². The quantitative estimate of drug-likeness (QED) is 0.468. The average molecular weight is 504 g/mol. The molecule has 2 bridgehead atoms. The largest absolute Gasteiger partial charge is 0.493 e. The first kappa shape index (κ1) is 26.5. The Morgan fingerprint density at radius 3 is 2.39 bits per heavy atom. The van der Waals surface area contributed by atoms with Crippen molar-refractivity contribution in [2.24, 2.45) is 0 Å². The molecule has 2 fully saturated rings. The minimum absolute atomic E-state index is 0.0777. The molecule has 0 saturated carbocycles. The fourth-order valence-electron chi connectivity index (χ4n) is 5.58. The number of hydrogen-bond donors (Lipinski definition) is 1. The van der Waals surface area contributed by atoms with E-state index in [1.165, 1.54) is 23.3 Å². The number of piperazine rings is 1. The van der Waals surface area contributed by atoms with Crippen LogP contribution in [0.1, 0.15) is 64.8 Å². The van der Waals surface area contributed by atoms with E-state index in [0.29, 0.717) is 18.7 Å². The van der Waals surface area contributed by atoms with Gasteiger partial charge in [-0.3, -0.25) is 9.69 Å². The maximum atomic E-state index is 13.0. The van der Waals surface area contributed by atoms with Gasteiger partial charge in [0, 0.05) is 36.8 Å². The molecule has 3 atom stereocenters. The molecule has 0 spiro atoms. The highest BCUT2D eigenvalue weighted by atomic mass is 19.4. The molecule has 5 nitrogen and oxygen atoms in total. The van der Waals surface area contributed by atoms with Crippen molar-refractivity contribution < 1.29 is 22.7 Å². The zero-order valence-corrected chi connectivity index (χ0v) is 21.5. The van der Waals surface area contributed by atoms with Crippen LogP contribution in [0, 0.1) is 13.8 Å². The summed E-state index contributed by atoms with van der Waals surface area (Å²) in [5, 5.41) is 3.15. The van der Waals surface area contributed by atoms with Gasteiger partial charge in [-0.05, 0) is 101 Å². The highest BCUT2D eigenvalue weighted by Crippen LogP contribution is 2.39. The van der Waals surface area contributed by atoms with E-state index in [-0.39, 0.29) is 24.0 Å². The van der Waals surface area contributed by atoms with E-state index in [1.54, 1.807) is 0 Å². The van der Waals surface area contributed by atoms with Gasteiger partial charge in [0.1, 0.15) is 5.75 Å². The Morgan fingerprint density at radius 2 is 1.78 bits per heavy atom. The predicted octanol–water partition coefficient (Wildman–Crippen LogP) is 5.36. The van der Waals surface area contributed by atoms with Gasteiger partial charge in [-0.15, -0.1) is 0 Å². The summed E-state index contributed by atoms with van der Waals surface area (Å²) in [5.74, 6) is 0.746. The molecule has 8 heteroatoms. The van der Waals surface area contributed by atoms with Crippen LogP contribution < -0.4 is 10.1 Å². The number of likely N-dealkylation sites (tertiary alicyclic amines) is 2. The smallest absolute Gasteiger partial charge is 0.416 e. The summed E-state index contributed by atoms with van der Waals surface area (Å²) in [6, 6.07) is 9.29. The minimum Gasteiger partial charge on any atom is -0.493 e. The van der Waals surface area contributed by atoms with Crippen molar-refractivity contribution in [3.8, 4) is 5.75 Å². The number of nitrogens with zero attached hydrogens (tertiary/aromatic N) is 2. The number of rotatable bonds is 9. The van der Waals surface area contributed by atoms with Crippen molar-refractivity contribution in [2.75, 3.05) is 33.3 Å². The average Bonchev–Trinajstić information content (AvgIpc) is 3.46. The van der Waals surface area contributed by atoms with Gasteiger partial charge in [-0.1, -0.05) is 6.07 Å². The van der Waals surface area contributed by atoms with E-state index < -0.39 is 11.7 Å². The van der Waals surface area contributed by atoms with Crippen LogP contribution in [0.15, 0.2) is 36.4 Å². The number of halogens is 3. The zero-order chi connectivity index (χ0) is 26.0. The molecule has 36 heavy (non-hydrogen) atoms. The van der Waals surface area contributed by atoms with Gasteiger partial charge in [0.25, 0.3) is 5.91 Å². The number of nitrogens with one attached hydrogen (secondary N) is 1. The van der Waals surface area contributed by atoms with E-state index in [4.69, 9.17) is 4.74 Å². The second kappa shape index (κ2) is 10.8. The van der Waals surface area contributed by atoms with Crippen LogP contribution in [0.4, 0.5) is 13.2 Å². The van der Waals surface area contributed by atoms with Gasteiger partial charge in [-0.2, -0.15) is 13.2 Å². The Bertz CT molecular complexity index is 1070. The Kier molecular flexibility index (Phi) is 7.95. The first-order valence-corrected chi connectivity index (χ1v) is 12.7. The third kappa shape index (κ3) is 5.39. The molecule has 4 rings (SSSR count). The van der Waals surface area contributed by atoms with Crippen molar-refractivity contribution in [3.05, 3.63) is 64.2 Å². The lowest BCUT2D eigenvalue weighted by Crippen LogP contribution is -2.49. The van der Waals surface area contributed by atoms with Crippen molar-refractivity contribution in [3.63, 3.8) is 0 Å². The number of ether oxygens (including phenoxy) is 1. The molecule has 0 radical (unpaired) electrons. The number of hydrogen-bond acceptors (Lipinski definition) is 4. The van der Waals surface area contributed by atoms with E-state index >= 15 is 0 Å². The second-order valence-electron chi connectivity index (χ2n) is 10.0. The van der Waals surface area contributed by atoms with E-state index in [1.807, 2.05) is 11.9 Å². The molecular weight excluding hydrogens is 467 g/mol. The number of benzene rings is 2. The zero-order valence-electron chi connectivity index (χ0n) is 21.5. The summed E-state index contributed by atoms with van der Waals surface area (Å²) in [6.45, 7) is 9.52. The van der Waals surface area contributed by atoms with Crippen LogP contribution in [0.5, 0.6) is 5.75 Å². The summed E-state index contributed by atoms with van der Waals surface area (Å²) >= 11 is 0. The third-order valence-corrected chi connectivity index (χ3v) is 7.81. The monoisotopic (exact) mass is 503 g/mol. The molecule has 2 aromatic rings. The highest BCUT2D eigenvalue weighted by molar-refractivity contribution is 5.94. The first-order valence-electron chi connectivity index (χ1n) is 12.7. The lowest BCUT2D eigenvalue weighted by atomic mass is 9.96. The normalized spacial score (nSPS) is 20.7. The highest BCUT2D eigenvalue weighted by Gasteiger charge is 2.47. The summed E-state index contributed by atoms with van der Waals surface area (Å²) in [5.41, 5.74) is 3.23. The Morgan fingerprint density at radius 1 is 1.06 bits per heavy atom. The standard InChI is InChI=1S/C28H36F3N3O2/c1-18-19(2)26(36-14-6-5-13-32-4)12-11-25(18)20(3)33-16-24-15-23(33)17-34(24)27(35)21-7-9-22(10-8-21)28(29,30)31/h7-12,20,23-24,32H,5-6,13-17H2,1-4H3/t20?,23-,24+/m1/s1. The molecule has 2 aromatic carbocycles. The lowest BCUT2D eigenvalue weighted by Gasteiger charge is -2.38. The van der Waals surface area contributed by atoms with Crippen LogP contribution in [0.3, 0.4) is 0 Å². The molecule has 196 valence electrons. The lowest BCUT2D eigenvalue weighted by molar-refractivity contribution is -0.137. The molecule has 1 unspecified atom stereocenters. The number of alkyl halides is 3. The van der Waals surface area contributed by atoms with Crippen LogP contribution in [-0.2, 0) is 6.18 Å².